The SMILES string of the molecule is C=C(C)CCC(O)C1CCC(C(C)C)CC1. The van der Waals surface area contributed by atoms with E-state index in [0.29, 0.717) is 5.92 Å². The van der Waals surface area contributed by atoms with E-state index in [4.69, 9.17) is 0 Å². The van der Waals surface area contributed by atoms with Crippen molar-refractivity contribution in [2.45, 2.75) is 65.4 Å². The van der Waals surface area contributed by atoms with E-state index in [-0.39, 0.29) is 6.10 Å². The molecule has 0 aromatic heterocycles. The minimum Gasteiger partial charge on any atom is -0.393 e. The van der Waals surface area contributed by atoms with Gasteiger partial charge in [-0.2, -0.15) is 0 Å². The second-order valence-electron chi connectivity index (χ2n) is 5.98. The molecule has 1 aliphatic carbocycles. The average Bonchev–Trinajstić information content (AvgIpc) is 2.26. The molecule has 94 valence electrons. The summed E-state index contributed by atoms with van der Waals surface area (Å²) in [6, 6.07) is 0. The number of hydrogen-bond acceptors (Lipinski definition) is 1. The van der Waals surface area contributed by atoms with Gasteiger partial charge >= 0.3 is 0 Å². The summed E-state index contributed by atoms with van der Waals surface area (Å²) in [5, 5.41) is 10.1. The van der Waals surface area contributed by atoms with Gasteiger partial charge in [0.25, 0.3) is 0 Å². The highest BCUT2D eigenvalue weighted by molar-refractivity contribution is 4.89. The third-order valence-corrected chi connectivity index (χ3v) is 4.17. The van der Waals surface area contributed by atoms with Crippen LogP contribution in [0.2, 0.25) is 0 Å². The first-order valence-corrected chi connectivity index (χ1v) is 6.83. The van der Waals surface area contributed by atoms with E-state index < -0.39 is 0 Å². The van der Waals surface area contributed by atoms with Gasteiger partial charge in [0.15, 0.2) is 0 Å². The molecule has 1 heteroatoms. The van der Waals surface area contributed by atoms with Crippen LogP contribution in [0.1, 0.15) is 59.3 Å². The molecule has 0 aromatic carbocycles. The quantitative estimate of drug-likeness (QED) is 0.695. The lowest BCUT2D eigenvalue weighted by Gasteiger charge is -2.33. The van der Waals surface area contributed by atoms with Crippen LogP contribution in [0.4, 0.5) is 0 Å². The zero-order valence-corrected chi connectivity index (χ0v) is 11.2. The number of allylic oxidation sites excluding steroid dienone is 1. The fourth-order valence-corrected chi connectivity index (χ4v) is 2.83. The second-order valence-corrected chi connectivity index (χ2v) is 5.98. The number of aliphatic hydroxyl groups is 1. The average molecular weight is 224 g/mol. The number of rotatable bonds is 5. The molecule has 1 atom stereocenters. The predicted molar refractivity (Wildman–Crippen MR) is 70.3 cm³/mol. The van der Waals surface area contributed by atoms with Gasteiger partial charge in [0.2, 0.25) is 0 Å². The molecule has 1 aliphatic rings. The van der Waals surface area contributed by atoms with Crippen LogP contribution >= 0.6 is 0 Å². The van der Waals surface area contributed by atoms with Gasteiger partial charge in [0, 0.05) is 0 Å². The third kappa shape index (κ3) is 4.29. The molecule has 0 bridgehead atoms. The van der Waals surface area contributed by atoms with Crippen molar-refractivity contribution >= 4 is 0 Å². The van der Waals surface area contributed by atoms with Gasteiger partial charge in [0.1, 0.15) is 0 Å². The van der Waals surface area contributed by atoms with Crippen molar-refractivity contribution < 1.29 is 5.11 Å². The molecule has 1 nitrogen and oxygen atoms in total. The lowest BCUT2D eigenvalue weighted by atomic mass is 9.74. The molecular formula is C15H28O. The fourth-order valence-electron chi connectivity index (χ4n) is 2.83. The summed E-state index contributed by atoms with van der Waals surface area (Å²) >= 11 is 0. The Balaban J connectivity index is 2.27. The number of hydrogen-bond donors (Lipinski definition) is 1. The van der Waals surface area contributed by atoms with E-state index in [1.807, 2.05) is 6.92 Å². The topological polar surface area (TPSA) is 20.2 Å². The Bertz CT molecular complexity index is 211. The molecular weight excluding hydrogens is 196 g/mol. The number of aliphatic hydroxyl groups excluding tert-OH is 1. The van der Waals surface area contributed by atoms with Crippen LogP contribution < -0.4 is 0 Å². The maximum atomic E-state index is 10.1. The van der Waals surface area contributed by atoms with Crippen molar-refractivity contribution in [1.82, 2.24) is 0 Å². The second kappa shape index (κ2) is 6.44. The molecule has 1 unspecified atom stereocenters. The molecule has 16 heavy (non-hydrogen) atoms. The zero-order valence-electron chi connectivity index (χ0n) is 11.2. The Morgan fingerprint density at radius 2 is 1.69 bits per heavy atom. The normalized spacial score (nSPS) is 28.1. The Labute approximate surface area is 101 Å². The van der Waals surface area contributed by atoms with Crippen LogP contribution in [0.25, 0.3) is 0 Å². The maximum absolute atomic E-state index is 10.1. The highest BCUT2D eigenvalue weighted by Crippen LogP contribution is 2.35. The summed E-state index contributed by atoms with van der Waals surface area (Å²) in [4.78, 5) is 0. The summed E-state index contributed by atoms with van der Waals surface area (Å²) in [5.41, 5.74) is 1.19. The molecule has 0 aromatic rings. The van der Waals surface area contributed by atoms with E-state index in [0.717, 1.165) is 24.7 Å². The zero-order chi connectivity index (χ0) is 12.1. The van der Waals surface area contributed by atoms with Crippen LogP contribution in [0.15, 0.2) is 12.2 Å². The fraction of sp³-hybridized carbons (Fsp3) is 0.867. The Morgan fingerprint density at radius 1 is 1.19 bits per heavy atom. The van der Waals surface area contributed by atoms with Crippen molar-refractivity contribution in [3.63, 3.8) is 0 Å². The van der Waals surface area contributed by atoms with Gasteiger partial charge in [-0.05, 0) is 63.2 Å². The molecule has 1 fully saturated rings. The highest BCUT2D eigenvalue weighted by Gasteiger charge is 2.27. The summed E-state index contributed by atoms with van der Waals surface area (Å²) in [5.74, 6) is 2.26. The minimum absolute atomic E-state index is 0.0928. The lowest BCUT2D eigenvalue weighted by Crippen LogP contribution is -2.27. The largest absolute Gasteiger partial charge is 0.393 e. The van der Waals surface area contributed by atoms with E-state index in [1.165, 1.54) is 31.3 Å². The molecule has 0 spiro atoms. The van der Waals surface area contributed by atoms with Crippen molar-refractivity contribution in [3.05, 3.63) is 12.2 Å². The molecule has 0 saturated heterocycles. The summed E-state index contributed by atoms with van der Waals surface area (Å²) in [6.07, 6.45) is 6.86. The molecule has 0 aliphatic heterocycles. The first-order chi connectivity index (χ1) is 7.50. The van der Waals surface area contributed by atoms with Crippen molar-refractivity contribution in [2.75, 3.05) is 0 Å². The predicted octanol–water partition coefficient (Wildman–Crippen LogP) is 4.17. The van der Waals surface area contributed by atoms with Gasteiger partial charge in [0.05, 0.1) is 6.10 Å². The summed E-state index contributed by atoms with van der Waals surface area (Å²) in [7, 11) is 0. The van der Waals surface area contributed by atoms with E-state index in [2.05, 4.69) is 20.4 Å². The van der Waals surface area contributed by atoms with Crippen molar-refractivity contribution in [2.24, 2.45) is 17.8 Å². The molecule has 0 heterocycles. The molecule has 1 rings (SSSR count). The Morgan fingerprint density at radius 3 is 2.12 bits per heavy atom. The van der Waals surface area contributed by atoms with Gasteiger partial charge in [-0.25, -0.2) is 0 Å². The van der Waals surface area contributed by atoms with Crippen LogP contribution in [0, 0.1) is 17.8 Å². The Hall–Kier alpha value is -0.300. The summed E-state index contributed by atoms with van der Waals surface area (Å²) < 4.78 is 0. The standard InChI is InChI=1S/C15H28O/c1-11(2)5-10-15(16)14-8-6-13(7-9-14)12(3)4/h12-16H,1,5-10H2,2-4H3. The molecule has 0 radical (unpaired) electrons. The molecule has 1 N–H and O–H groups in total. The first kappa shape index (κ1) is 13.8. The van der Waals surface area contributed by atoms with E-state index >= 15 is 0 Å². The van der Waals surface area contributed by atoms with Crippen molar-refractivity contribution in [3.8, 4) is 0 Å². The van der Waals surface area contributed by atoms with Crippen LogP contribution in [-0.2, 0) is 0 Å². The van der Waals surface area contributed by atoms with Crippen molar-refractivity contribution in [1.29, 1.82) is 0 Å². The lowest BCUT2D eigenvalue weighted by molar-refractivity contribution is 0.0611. The summed E-state index contributed by atoms with van der Waals surface area (Å²) in [6.45, 7) is 10.6. The minimum atomic E-state index is -0.0928. The van der Waals surface area contributed by atoms with Gasteiger partial charge < -0.3 is 5.11 Å². The Kier molecular flexibility index (Phi) is 5.54. The van der Waals surface area contributed by atoms with Crippen LogP contribution in [0.5, 0.6) is 0 Å². The third-order valence-electron chi connectivity index (χ3n) is 4.17. The smallest absolute Gasteiger partial charge is 0.0571 e. The van der Waals surface area contributed by atoms with Gasteiger partial charge in [-0.3, -0.25) is 0 Å². The van der Waals surface area contributed by atoms with E-state index in [9.17, 15) is 5.11 Å². The van der Waals surface area contributed by atoms with Gasteiger partial charge in [-0.1, -0.05) is 19.4 Å². The van der Waals surface area contributed by atoms with Crippen LogP contribution in [-0.4, -0.2) is 11.2 Å². The van der Waals surface area contributed by atoms with E-state index in [1.54, 1.807) is 0 Å². The molecule has 1 saturated carbocycles. The van der Waals surface area contributed by atoms with Crippen LogP contribution in [0.3, 0.4) is 0 Å². The highest BCUT2D eigenvalue weighted by atomic mass is 16.3. The molecule has 0 amide bonds. The monoisotopic (exact) mass is 224 g/mol. The first-order valence-electron chi connectivity index (χ1n) is 6.83. The van der Waals surface area contributed by atoms with Gasteiger partial charge in [-0.15, -0.1) is 6.58 Å². The maximum Gasteiger partial charge on any atom is 0.0571 e.